The van der Waals surface area contributed by atoms with Crippen LogP contribution < -0.4 is 5.32 Å². The van der Waals surface area contributed by atoms with Gasteiger partial charge in [0.25, 0.3) is 5.91 Å². The molecule has 0 unspecified atom stereocenters. The van der Waals surface area contributed by atoms with Crippen LogP contribution in [0.2, 0.25) is 5.02 Å². The molecule has 0 bridgehead atoms. The second-order valence-electron chi connectivity index (χ2n) is 5.60. The minimum Gasteiger partial charge on any atom is -0.298 e. The molecule has 1 N–H and O–H groups in total. The molecule has 1 heterocycles. The van der Waals surface area contributed by atoms with Crippen LogP contribution in [0, 0.1) is 13.8 Å². The van der Waals surface area contributed by atoms with Gasteiger partial charge in [0.15, 0.2) is 5.13 Å². The molecule has 3 aromatic rings. The first-order valence-electron chi connectivity index (χ1n) is 7.60. The smallest absolute Gasteiger partial charge is 0.257 e. The van der Waals surface area contributed by atoms with Gasteiger partial charge in [0.05, 0.1) is 5.69 Å². The number of rotatable bonds is 4. The first-order chi connectivity index (χ1) is 11.5. The van der Waals surface area contributed by atoms with E-state index in [1.54, 1.807) is 0 Å². The molecule has 0 aliphatic heterocycles. The van der Waals surface area contributed by atoms with Crippen LogP contribution in [0.15, 0.2) is 48.5 Å². The Kier molecular flexibility index (Phi) is 4.97. The fourth-order valence-corrected chi connectivity index (χ4v) is 3.67. The first kappa shape index (κ1) is 16.7. The molecule has 0 fully saturated rings. The zero-order valence-electron chi connectivity index (χ0n) is 13.5. The highest BCUT2D eigenvalue weighted by Gasteiger charge is 2.13. The highest BCUT2D eigenvalue weighted by Crippen LogP contribution is 2.26. The quantitative estimate of drug-likeness (QED) is 0.693. The summed E-state index contributed by atoms with van der Waals surface area (Å²) in [4.78, 5) is 18.0. The lowest BCUT2D eigenvalue weighted by atomic mass is 10.1. The number of thiazole rings is 1. The third kappa shape index (κ3) is 3.83. The van der Waals surface area contributed by atoms with Gasteiger partial charge in [-0.15, -0.1) is 11.3 Å². The van der Waals surface area contributed by atoms with Gasteiger partial charge in [0.1, 0.15) is 0 Å². The van der Waals surface area contributed by atoms with Crippen LogP contribution in [-0.2, 0) is 6.42 Å². The lowest BCUT2D eigenvalue weighted by Gasteiger charge is -2.04. The van der Waals surface area contributed by atoms with Gasteiger partial charge in [-0.1, -0.05) is 41.9 Å². The van der Waals surface area contributed by atoms with Crippen LogP contribution in [0.4, 0.5) is 5.13 Å². The lowest BCUT2D eigenvalue weighted by molar-refractivity contribution is 0.102. The summed E-state index contributed by atoms with van der Waals surface area (Å²) in [7, 11) is 0. The average Bonchev–Trinajstić information content (AvgIpc) is 2.87. The number of nitrogens with zero attached hydrogens (tertiary/aromatic N) is 1. The van der Waals surface area contributed by atoms with Crippen molar-refractivity contribution in [3.63, 3.8) is 0 Å². The van der Waals surface area contributed by atoms with E-state index in [1.165, 1.54) is 11.3 Å². The summed E-state index contributed by atoms with van der Waals surface area (Å²) in [5, 5.41) is 4.25. The topological polar surface area (TPSA) is 42.0 Å². The Morgan fingerprint density at radius 2 is 1.96 bits per heavy atom. The Labute approximate surface area is 150 Å². The molecule has 122 valence electrons. The molecule has 0 saturated carbocycles. The molecule has 2 aromatic carbocycles. The fraction of sp³-hybridized carbons (Fsp3) is 0.158. The number of aryl methyl sites for hydroxylation is 2. The van der Waals surface area contributed by atoms with Crippen LogP contribution in [0.5, 0.6) is 0 Å². The Morgan fingerprint density at radius 1 is 1.17 bits per heavy atom. The summed E-state index contributed by atoms with van der Waals surface area (Å²) in [5.41, 5.74) is 3.68. The summed E-state index contributed by atoms with van der Waals surface area (Å²) < 4.78 is 0. The summed E-state index contributed by atoms with van der Waals surface area (Å²) in [6.45, 7) is 3.88. The van der Waals surface area contributed by atoms with Crippen molar-refractivity contribution in [2.24, 2.45) is 0 Å². The van der Waals surface area contributed by atoms with E-state index < -0.39 is 0 Å². The van der Waals surface area contributed by atoms with Gasteiger partial charge in [-0.05, 0) is 43.2 Å². The zero-order chi connectivity index (χ0) is 17.1. The molecule has 0 aliphatic carbocycles. The second kappa shape index (κ2) is 7.16. The zero-order valence-corrected chi connectivity index (χ0v) is 15.0. The van der Waals surface area contributed by atoms with Crippen LogP contribution in [0.25, 0.3) is 0 Å². The number of benzene rings is 2. The molecule has 3 rings (SSSR count). The maximum atomic E-state index is 12.4. The van der Waals surface area contributed by atoms with Gasteiger partial charge in [-0.3, -0.25) is 10.1 Å². The lowest BCUT2D eigenvalue weighted by Crippen LogP contribution is -2.12. The highest BCUT2D eigenvalue weighted by atomic mass is 35.5. The van der Waals surface area contributed by atoms with E-state index in [-0.39, 0.29) is 5.91 Å². The van der Waals surface area contributed by atoms with Crippen LogP contribution in [0.3, 0.4) is 0 Å². The molecule has 0 spiro atoms. The van der Waals surface area contributed by atoms with Gasteiger partial charge in [0, 0.05) is 21.9 Å². The minimum atomic E-state index is -0.129. The van der Waals surface area contributed by atoms with Crippen LogP contribution >= 0.6 is 22.9 Å². The number of aromatic nitrogens is 1. The normalized spacial score (nSPS) is 10.6. The number of amides is 1. The van der Waals surface area contributed by atoms with Gasteiger partial charge in [-0.25, -0.2) is 4.98 Å². The van der Waals surface area contributed by atoms with E-state index in [0.29, 0.717) is 10.7 Å². The molecule has 3 nitrogen and oxygen atoms in total. The number of carbonyl (C=O) groups excluding carboxylic acids is 1. The molecule has 1 aromatic heterocycles. The van der Waals surface area contributed by atoms with Crippen molar-refractivity contribution in [2.45, 2.75) is 20.3 Å². The molecule has 24 heavy (non-hydrogen) atoms. The van der Waals surface area contributed by atoms with Gasteiger partial charge >= 0.3 is 0 Å². The Balaban J connectivity index is 1.77. The molecular weight excluding hydrogens is 340 g/mol. The Bertz CT molecular complexity index is 889. The Morgan fingerprint density at radius 3 is 2.71 bits per heavy atom. The van der Waals surface area contributed by atoms with E-state index in [0.717, 1.165) is 33.1 Å². The third-order valence-electron chi connectivity index (χ3n) is 3.76. The standard InChI is InChI=1S/C19H17ClN2OS/c1-12-6-3-4-9-16(12)18(23)22-19-21-13(2)17(24-19)11-14-7-5-8-15(20)10-14/h3-10H,11H2,1-2H3,(H,21,22,23). The van der Waals surface area contributed by atoms with Crippen molar-refractivity contribution in [2.75, 3.05) is 5.32 Å². The molecular formula is C19H17ClN2OS. The largest absolute Gasteiger partial charge is 0.298 e. The van der Waals surface area contributed by atoms with E-state index in [2.05, 4.69) is 10.3 Å². The number of nitrogens with one attached hydrogen (secondary N) is 1. The van der Waals surface area contributed by atoms with Crippen LogP contribution in [0.1, 0.15) is 32.1 Å². The van der Waals surface area contributed by atoms with Crippen molar-refractivity contribution < 1.29 is 4.79 Å². The van der Waals surface area contributed by atoms with Crippen molar-refractivity contribution in [3.8, 4) is 0 Å². The molecule has 0 aliphatic rings. The molecule has 1 amide bonds. The predicted octanol–water partition coefficient (Wildman–Crippen LogP) is 5.26. The van der Waals surface area contributed by atoms with Gasteiger partial charge < -0.3 is 0 Å². The predicted molar refractivity (Wildman–Crippen MR) is 100 cm³/mol. The molecule has 0 radical (unpaired) electrons. The van der Waals surface area contributed by atoms with Crippen LogP contribution in [-0.4, -0.2) is 10.9 Å². The summed E-state index contributed by atoms with van der Waals surface area (Å²) >= 11 is 7.54. The molecule has 0 saturated heterocycles. The van der Waals surface area contributed by atoms with Crippen molar-refractivity contribution in [3.05, 3.63) is 80.8 Å². The summed E-state index contributed by atoms with van der Waals surface area (Å²) in [5.74, 6) is -0.129. The fourth-order valence-electron chi connectivity index (χ4n) is 2.47. The van der Waals surface area contributed by atoms with E-state index >= 15 is 0 Å². The van der Waals surface area contributed by atoms with E-state index in [9.17, 15) is 4.79 Å². The van der Waals surface area contributed by atoms with Crippen molar-refractivity contribution >= 4 is 34.0 Å². The maximum Gasteiger partial charge on any atom is 0.257 e. The number of hydrogen-bond donors (Lipinski definition) is 1. The number of anilines is 1. The Hall–Kier alpha value is -2.17. The number of carbonyl (C=O) groups is 1. The summed E-state index contributed by atoms with van der Waals surface area (Å²) in [6.07, 6.45) is 0.754. The number of halogens is 1. The van der Waals surface area contributed by atoms with E-state index in [1.807, 2.05) is 62.4 Å². The van der Waals surface area contributed by atoms with Crippen molar-refractivity contribution in [1.82, 2.24) is 4.98 Å². The molecule has 0 atom stereocenters. The minimum absolute atomic E-state index is 0.129. The average molecular weight is 357 g/mol. The SMILES string of the molecule is Cc1ccccc1C(=O)Nc1nc(C)c(Cc2cccc(Cl)c2)s1. The van der Waals surface area contributed by atoms with Crippen molar-refractivity contribution in [1.29, 1.82) is 0 Å². The first-order valence-corrected chi connectivity index (χ1v) is 8.80. The van der Waals surface area contributed by atoms with Gasteiger partial charge in [0.2, 0.25) is 0 Å². The summed E-state index contributed by atoms with van der Waals surface area (Å²) in [6, 6.07) is 15.3. The monoisotopic (exact) mass is 356 g/mol. The molecule has 5 heteroatoms. The van der Waals surface area contributed by atoms with E-state index in [4.69, 9.17) is 11.6 Å². The highest BCUT2D eigenvalue weighted by molar-refractivity contribution is 7.15. The maximum absolute atomic E-state index is 12.4. The number of hydrogen-bond acceptors (Lipinski definition) is 3. The third-order valence-corrected chi connectivity index (χ3v) is 5.06. The van der Waals surface area contributed by atoms with Gasteiger partial charge in [-0.2, -0.15) is 0 Å². The second-order valence-corrected chi connectivity index (χ2v) is 7.12.